The standard InChI is InChI=1S/C16H29N3S2/c1-6-12-11-19(8-9-20-12)15-18-14(16(3,4)5)13(21-15)10-17-7-2/h12,17H,6-11H2,1-5H3. The predicted octanol–water partition coefficient (Wildman–Crippen LogP) is 3.88. The third-order valence-electron chi connectivity index (χ3n) is 3.80. The summed E-state index contributed by atoms with van der Waals surface area (Å²) >= 11 is 4.00. The Hall–Kier alpha value is -0.260. The van der Waals surface area contributed by atoms with E-state index in [2.05, 4.69) is 56.6 Å². The van der Waals surface area contributed by atoms with Gasteiger partial charge < -0.3 is 10.2 Å². The first-order chi connectivity index (χ1) is 9.95. The normalized spacial score (nSPS) is 20.0. The number of rotatable bonds is 5. The van der Waals surface area contributed by atoms with Crippen molar-refractivity contribution in [2.45, 2.75) is 58.2 Å². The van der Waals surface area contributed by atoms with Gasteiger partial charge >= 0.3 is 0 Å². The highest BCUT2D eigenvalue weighted by Gasteiger charge is 2.27. The van der Waals surface area contributed by atoms with Crippen LogP contribution >= 0.6 is 23.1 Å². The number of thioether (sulfide) groups is 1. The zero-order valence-electron chi connectivity index (χ0n) is 14.0. The first-order valence-corrected chi connectivity index (χ1v) is 9.89. The van der Waals surface area contributed by atoms with Crippen LogP contribution in [0.1, 0.15) is 51.6 Å². The summed E-state index contributed by atoms with van der Waals surface area (Å²) in [6, 6.07) is 0. The maximum absolute atomic E-state index is 5.02. The topological polar surface area (TPSA) is 28.2 Å². The summed E-state index contributed by atoms with van der Waals surface area (Å²) in [4.78, 5) is 8.93. The van der Waals surface area contributed by atoms with Crippen LogP contribution in [0.25, 0.3) is 0 Å². The second kappa shape index (κ2) is 7.34. The molecule has 0 aliphatic carbocycles. The molecule has 120 valence electrons. The molecule has 2 heterocycles. The minimum atomic E-state index is 0.119. The van der Waals surface area contributed by atoms with Crippen LogP contribution < -0.4 is 10.2 Å². The zero-order chi connectivity index (χ0) is 15.5. The molecule has 1 saturated heterocycles. The van der Waals surface area contributed by atoms with Gasteiger partial charge in [0, 0.05) is 40.9 Å². The molecule has 1 aliphatic rings. The highest BCUT2D eigenvalue weighted by atomic mass is 32.2. The van der Waals surface area contributed by atoms with Gasteiger partial charge in [0.1, 0.15) is 0 Å². The molecule has 0 amide bonds. The van der Waals surface area contributed by atoms with Crippen molar-refractivity contribution >= 4 is 28.2 Å². The molecular formula is C16H29N3S2. The van der Waals surface area contributed by atoms with Crippen molar-refractivity contribution in [3.05, 3.63) is 10.6 Å². The van der Waals surface area contributed by atoms with E-state index >= 15 is 0 Å². The van der Waals surface area contributed by atoms with Gasteiger partial charge in [0.15, 0.2) is 5.13 Å². The summed E-state index contributed by atoms with van der Waals surface area (Å²) < 4.78 is 0. The zero-order valence-corrected chi connectivity index (χ0v) is 15.7. The van der Waals surface area contributed by atoms with E-state index in [1.54, 1.807) is 0 Å². The van der Waals surface area contributed by atoms with Crippen LogP contribution in [0.3, 0.4) is 0 Å². The quantitative estimate of drug-likeness (QED) is 0.888. The Morgan fingerprint density at radius 3 is 2.71 bits per heavy atom. The van der Waals surface area contributed by atoms with Crippen LogP contribution in [0.4, 0.5) is 5.13 Å². The van der Waals surface area contributed by atoms with Crippen molar-refractivity contribution in [3.8, 4) is 0 Å². The van der Waals surface area contributed by atoms with E-state index in [1.165, 1.54) is 27.9 Å². The highest BCUT2D eigenvalue weighted by Crippen LogP contribution is 2.35. The molecule has 1 N–H and O–H groups in total. The molecule has 1 aromatic rings. The van der Waals surface area contributed by atoms with E-state index in [0.717, 1.165) is 31.4 Å². The molecule has 3 nitrogen and oxygen atoms in total. The molecule has 1 aromatic heterocycles. The summed E-state index contributed by atoms with van der Waals surface area (Å²) in [6.45, 7) is 15.5. The minimum absolute atomic E-state index is 0.119. The molecular weight excluding hydrogens is 298 g/mol. The molecule has 0 radical (unpaired) electrons. The second-order valence-electron chi connectivity index (χ2n) is 6.65. The molecule has 2 rings (SSSR count). The van der Waals surface area contributed by atoms with E-state index in [1.807, 2.05) is 11.3 Å². The van der Waals surface area contributed by atoms with Crippen molar-refractivity contribution in [1.82, 2.24) is 10.3 Å². The first-order valence-electron chi connectivity index (χ1n) is 8.03. The highest BCUT2D eigenvalue weighted by molar-refractivity contribution is 8.00. The lowest BCUT2D eigenvalue weighted by molar-refractivity contribution is 0.560. The Balaban J connectivity index is 2.21. The molecule has 1 fully saturated rings. The molecule has 1 atom stereocenters. The van der Waals surface area contributed by atoms with Gasteiger partial charge in [0.05, 0.1) is 5.69 Å². The van der Waals surface area contributed by atoms with Crippen molar-refractivity contribution in [2.24, 2.45) is 0 Å². The molecule has 5 heteroatoms. The molecule has 1 unspecified atom stereocenters. The van der Waals surface area contributed by atoms with Crippen molar-refractivity contribution < 1.29 is 0 Å². The Bertz CT molecular complexity index is 451. The number of thiazole rings is 1. The Morgan fingerprint density at radius 2 is 2.10 bits per heavy atom. The fraction of sp³-hybridized carbons (Fsp3) is 0.812. The largest absolute Gasteiger partial charge is 0.346 e. The van der Waals surface area contributed by atoms with Crippen LogP contribution in [0, 0.1) is 0 Å². The van der Waals surface area contributed by atoms with Crippen molar-refractivity contribution in [3.63, 3.8) is 0 Å². The summed E-state index contributed by atoms with van der Waals surface area (Å²) in [5.74, 6) is 1.23. The first kappa shape index (κ1) is 17.1. The Labute approximate surface area is 137 Å². The van der Waals surface area contributed by atoms with Gasteiger partial charge in [0.2, 0.25) is 0 Å². The van der Waals surface area contributed by atoms with Crippen LogP contribution in [-0.2, 0) is 12.0 Å². The lowest BCUT2D eigenvalue weighted by atomic mass is 9.91. The third kappa shape index (κ3) is 4.36. The van der Waals surface area contributed by atoms with Gasteiger partial charge in [-0.25, -0.2) is 4.98 Å². The summed E-state index contributed by atoms with van der Waals surface area (Å²) in [7, 11) is 0. The number of hydrogen-bond acceptors (Lipinski definition) is 5. The van der Waals surface area contributed by atoms with Crippen LogP contribution in [-0.4, -0.2) is 35.6 Å². The monoisotopic (exact) mass is 327 g/mol. The van der Waals surface area contributed by atoms with Gasteiger partial charge in [-0.2, -0.15) is 11.8 Å². The van der Waals surface area contributed by atoms with E-state index < -0.39 is 0 Å². The number of aromatic nitrogens is 1. The maximum atomic E-state index is 5.02. The van der Waals surface area contributed by atoms with E-state index in [-0.39, 0.29) is 5.41 Å². The van der Waals surface area contributed by atoms with E-state index in [4.69, 9.17) is 4.98 Å². The second-order valence-corrected chi connectivity index (χ2v) is 9.12. The van der Waals surface area contributed by atoms with Crippen LogP contribution in [0.5, 0.6) is 0 Å². The van der Waals surface area contributed by atoms with Crippen LogP contribution in [0.15, 0.2) is 0 Å². The van der Waals surface area contributed by atoms with Gasteiger partial charge in [0.25, 0.3) is 0 Å². The fourth-order valence-electron chi connectivity index (χ4n) is 2.56. The fourth-order valence-corrected chi connectivity index (χ4v) is 5.01. The summed E-state index contributed by atoms with van der Waals surface area (Å²) in [5, 5.41) is 5.45. The van der Waals surface area contributed by atoms with Gasteiger partial charge in [-0.3, -0.25) is 0 Å². The average molecular weight is 328 g/mol. The van der Waals surface area contributed by atoms with Crippen molar-refractivity contribution in [1.29, 1.82) is 0 Å². The maximum Gasteiger partial charge on any atom is 0.185 e. The van der Waals surface area contributed by atoms with Crippen molar-refractivity contribution in [2.75, 3.05) is 30.3 Å². The third-order valence-corrected chi connectivity index (χ3v) is 6.28. The number of hydrogen-bond donors (Lipinski definition) is 1. The van der Waals surface area contributed by atoms with Crippen LogP contribution in [0.2, 0.25) is 0 Å². The Kier molecular flexibility index (Phi) is 5.97. The molecule has 1 aliphatic heterocycles. The van der Waals surface area contributed by atoms with Gasteiger partial charge in [-0.15, -0.1) is 11.3 Å². The molecule has 0 saturated carbocycles. The predicted molar refractivity (Wildman–Crippen MR) is 96.9 cm³/mol. The van der Waals surface area contributed by atoms with E-state index in [9.17, 15) is 0 Å². The number of nitrogens with zero attached hydrogens (tertiary/aromatic N) is 2. The number of nitrogens with one attached hydrogen (secondary N) is 1. The molecule has 0 bridgehead atoms. The molecule has 0 aromatic carbocycles. The molecule has 21 heavy (non-hydrogen) atoms. The SMILES string of the molecule is CCNCc1sc(N2CCSC(CC)C2)nc1C(C)(C)C. The Morgan fingerprint density at radius 1 is 1.33 bits per heavy atom. The molecule has 0 spiro atoms. The van der Waals surface area contributed by atoms with Gasteiger partial charge in [-0.05, 0) is 13.0 Å². The lowest BCUT2D eigenvalue weighted by Crippen LogP contribution is -2.37. The smallest absolute Gasteiger partial charge is 0.185 e. The lowest BCUT2D eigenvalue weighted by Gasteiger charge is -2.31. The summed E-state index contributed by atoms with van der Waals surface area (Å²) in [6.07, 6.45) is 1.25. The number of anilines is 1. The summed E-state index contributed by atoms with van der Waals surface area (Å²) in [5.41, 5.74) is 1.39. The average Bonchev–Trinajstić information content (AvgIpc) is 2.89. The minimum Gasteiger partial charge on any atom is -0.346 e. The van der Waals surface area contributed by atoms with E-state index in [0.29, 0.717) is 0 Å². The van der Waals surface area contributed by atoms with Gasteiger partial charge in [-0.1, -0.05) is 34.6 Å².